The van der Waals surface area contributed by atoms with Gasteiger partial charge < -0.3 is 4.98 Å². The lowest BCUT2D eigenvalue weighted by molar-refractivity contribution is 0.598. The summed E-state index contributed by atoms with van der Waals surface area (Å²) in [6.07, 6.45) is 3.18. The minimum Gasteiger partial charge on any atom is -0.328 e. The molecule has 0 aliphatic rings. The van der Waals surface area contributed by atoms with Crippen LogP contribution in [0.15, 0.2) is 51.8 Å². The van der Waals surface area contributed by atoms with Crippen molar-refractivity contribution in [3.8, 4) is 0 Å². The van der Waals surface area contributed by atoms with Crippen LogP contribution >= 0.6 is 0 Å². The summed E-state index contributed by atoms with van der Waals surface area (Å²) in [7, 11) is -3.67. The number of hydrogen-bond donors (Lipinski definition) is 2. The van der Waals surface area contributed by atoms with Crippen molar-refractivity contribution < 1.29 is 8.42 Å². The Balaban J connectivity index is 2.19. The van der Waals surface area contributed by atoms with E-state index in [4.69, 9.17) is 5.14 Å². The normalized spacial score (nSPS) is 12.1. The molecule has 0 fully saturated rings. The summed E-state index contributed by atoms with van der Waals surface area (Å²) in [5.41, 5.74) is 0.508. The maximum Gasteiger partial charge on any atom is 0.246 e. The Bertz CT molecular complexity index is 616. The van der Waals surface area contributed by atoms with E-state index in [1.54, 1.807) is 12.4 Å². The van der Waals surface area contributed by atoms with Crippen LogP contribution in [0.2, 0.25) is 0 Å². The first kappa shape index (κ1) is 11.4. The molecule has 3 N–H and O–H groups in total. The number of H-pyrrole nitrogens is 1. The number of azo groups is 1. The Labute approximate surface area is 97.5 Å². The fraction of sp³-hybridized carbons (Fsp3) is 0. The number of primary sulfonamides is 1. The predicted octanol–water partition coefficient (Wildman–Crippen LogP) is 1.47. The van der Waals surface area contributed by atoms with Gasteiger partial charge >= 0.3 is 0 Å². The molecule has 0 radical (unpaired) electrons. The van der Waals surface area contributed by atoms with Gasteiger partial charge in [0.15, 0.2) is 0 Å². The third kappa shape index (κ3) is 2.95. The lowest BCUT2D eigenvalue weighted by atomic mass is 10.3. The number of nitrogens with zero attached hydrogens (tertiary/aromatic N) is 3. The molecule has 7 nitrogen and oxygen atoms in total. The van der Waals surface area contributed by atoms with Gasteiger partial charge in [-0.15, -0.1) is 10.2 Å². The zero-order chi connectivity index (χ0) is 12.3. The van der Waals surface area contributed by atoms with Gasteiger partial charge in [-0.1, -0.05) is 0 Å². The summed E-state index contributed by atoms with van der Waals surface area (Å²) in [5.74, 6) is 0.375. The van der Waals surface area contributed by atoms with Gasteiger partial charge in [0, 0.05) is 12.4 Å². The molecule has 0 saturated carbocycles. The van der Waals surface area contributed by atoms with E-state index in [0.717, 1.165) is 0 Å². The molecule has 0 unspecified atom stereocenters. The SMILES string of the molecule is NS(=O)(=O)c1ccc(N=Nc2ncc[nH]2)cc1. The van der Waals surface area contributed by atoms with Gasteiger partial charge in [0.1, 0.15) is 0 Å². The molecule has 2 rings (SSSR count). The van der Waals surface area contributed by atoms with Crippen LogP contribution in [0.1, 0.15) is 0 Å². The molecule has 1 heterocycles. The molecule has 2 aromatic rings. The quantitative estimate of drug-likeness (QED) is 0.805. The zero-order valence-electron chi connectivity index (χ0n) is 8.61. The highest BCUT2D eigenvalue weighted by Crippen LogP contribution is 2.17. The number of imidazole rings is 1. The van der Waals surface area contributed by atoms with Crippen molar-refractivity contribution in [1.29, 1.82) is 0 Å². The lowest BCUT2D eigenvalue weighted by Gasteiger charge is -1.97. The van der Waals surface area contributed by atoms with E-state index in [9.17, 15) is 8.42 Å². The minimum absolute atomic E-state index is 0.0365. The van der Waals surface area contributed by atoms with Crippen molar-refractivity contribution >= 4 is 21.7 Å². The molecular weight excluding hydrogens is 242 g/mol. The van der Waals surface area contributed by atoms with Crippen molar-refractivity contribution in [2.45, 2.75) is 4.90 Å². The molecule has 1 aromatic carbocycles. The van der Waals surface area contributed by atoms with E-state index in [1.165, 1.54) is 24.3 Å². The van der Waals surface area contributed by atoms with Crippen molar-refractivity contribution in [1.82, 2.24) is 9.97 Å². The number of aromatic nitrogens is 2. The highest BCUT2D eigenvalue weighted by molar-refractivity contribution is 7.89. The number of nitrogens with two attached hydrogens (primary N) is 1. The summed E-state index contributed by atoms with van der Waals surface area (Å²) in [6, 6.07) is 5.75. The molecule has 1 aromatic heterocycles. The second kappa shape index (κ2) is 4.44. The van der Waals surface area contributed by atoms with Gasteiger partial charge in [0.2, 0.25) is 16.0 Å². The highest BCUT2D eigenvalue weighted by Gasteiger charge is 2.06. The molecule has 0 atom stereocenters. The van der Waals surface area contributed by atoms with E-state index in [-0.39, 0.29) is 4.90 Å². The maximum atomic E-state index is 11.0. The summed E-state index contributed by atoms with van der Waals surface area (Å²) in [6.45, 7) is 0. The van der Waals surface area contributed by atoms with Crippen molar-refractivity contribution in [2.75, 3.05) is 0 Å². The predicted molar refractivity (Wildman–Crippen MR) is 60.6 cm³/mol. The Morgan fingerprint density at radius 2 is 1.88 bits per heavy atom. The first-order valence-electron chi connectivity index (χ1n) is 4.60. The highest BCUT2D eigenvalue weighted by atomic mass is 32.2. The number of benzene rings is 1. The third-order valence-electron chi connectivity index (χ3n) is 1.91. The number of rotatable bonds is 3. The molecule has 0 spiro atoms. The van der Waals surface area contributed by atoms with E-state index in [2.05, 4.69) is 20.2 Å². The molecular formula is C9H9N5O2S. The molecule has 0 bridgehead atoms. The standard InChI is InChI=1S/C9H9N5O2S/c10-17(15,16)8-3-1-7(2-4-8)13-14-9-11-5-6-12-9/h1-6H,(H,11,12)(H2,10,15,16). The summed E-state index contributed by atoms with van der Waals surface area (Å²) >= 11 is 0. The molecule has 0 amide bonds. The monoisotopic (exact) mass is 251 g/mol. The largest absolute Gasteiger partial charge is 0.328 e. The van der Waals surface area contributed by atoms with Crippen molar-refractivity contribution in [3.05, 3.63) is 36.7 Å². The van der Waals surface area contributed by atoms with E-state index in [0.29, 0.717) is 11.6 Å². The molecule has 0 aliphatic carbocycles. The Morgan fingerprint density at radius 1 is 1.18 bits per heavy atom. The fourth-order valence-corrected chi connectivity index (χ4v) is 1.63. The number of nitrogens with one attached hydrogen (secondary N) is 1. The number of aromatic amines is 1. The molecule has 17 heavy (non-hydrogen) atoms. The van der Waals surface area contributed by atoms with Gasteiger partial charge in [-0.05, 0) is 24.3 Å². The van der Waals surface area contributed by atoms with Crippen molar-refractivity contribution in [2.24, 2.45) is 15.4 Å². The number of sulfonamides is 1. The fourth-order valence-electron chi connectivity index (χ4n) is 1.12. The average molecular weight is 251 g/mol. The van der Waals surface area contributed by atoms with Crippen LogP contribution in [-0.2, 0) is 10.0 Å². The van der Waals surface area contributed by atoms with E-state index >= 15 is 0 Å². The van der Waals surface area contributed by atoms with E-state index < -0.39 is 10.0 Å². The third-order valence-corrected chi connectivity index (χ3v) is 2.84. The number of hydrogen-bond acceptors (Lipinski definition) is 5. The van der Waals surface area contributed by atoms with Crippen LogP contribution in [0, 0.1) is 0 Å². The van der Waals surface area contributed by atoms with Gasteiger partial charge in [0.25, 0.3) is 0 Å². The first-order chi connectivity index (χ1) is 8.05. The first-order valence-corrected chi connectivity index (χ1v) is 6.14. The zero-order valence-corrected chi connectivity index (χ0v) is 9.42. The van der Waals surface area contributed by atoms with E-state index in [1.807, 2.05) is 0 Å². The van der Waals surface area contributed by atoms with Gasteiger partial charge in [-0.2, -0.15) is 0 Å². The molecule has 88 valence electrons. The maximum absolute atomic E-state index is 11.0. The van der Waals surface area contributed by atoms with Gasteiger partial charge in [-0.3, -0.25) is 0 Å². The average Bonchev–Trinajstić information content (AvgIpc) is 2.78. The van der Waals surface area contributed by atoms with Crippen LogP contribution in [0.25, 0.3) is 0 Å². The van der Waals surface area contributed by atoms with Crippen LogP contribution < -0.4 is 5.14 Å². The summed E-state index contributed by atoms with van der Waals surface area (Å²) < 4.78 is 22.0. The van der Waals surface area contributed by atoms with Crippen LogP contribution in [0.5, 0.6) is 0 Å². The second-order valence-electron chi connectivity index (χ2n) is 3.15. The summed E-state index contributed by atoms with van der Waals surface area (Å²) in [4.78, 5) is 6.65. The van der Waals surface area contributed by atoms with Gasteiger partial charge in [-0.25, -0.2) is 18.5 Å². The minimum atomic E-state index is -3.67. The summed E-state index contributed by atoms with van der Waals surface area (Å²) in [5, 5.41) is 12.6. The van der Waals surface area contributed by atoms with Gasteiger partial charge in [0.05, 0.1) is 10.6 Å². The topological polar surface area (TPSA) is 114 Å². The molecule has 8 heteroatoms. The smallest absolute Gasteiger partial charge is 0.246 e. The molecule has 0 aliphatic heterocycles. The molecule has 0 saturated heterocycles. The Hall–Kier alpha value is -2.06. The van der Waals surface area contributed by atoms with Crippen LogP contribution in [0.4, 0.5) is 11.6 Å². The lowest BCUT2D eigenvalue weighted by Crippen LogP contribution is -2.11. The van der Waals surface area contributed by atoms with Crippen molar-refractivity contribution in [3.63, 3.8) is 0 Å². The Kier molecular flexibility index (Phi) is 2.98. The van der Waals surface area contributed by atoms with Crippen LogP contribution in [-0.4, -0.2) is 18.4 Å². The Morgan fingerprint density at radius 3 is 2.41 bits per heavy atom. The van der Waals surface area contributed by atoms with Crippen LogP contribution in [0.3, 0.4) is 0 Å². The second-order valence-corrected chi connectivity index (χ2v) is 4.71.